The van der Waals surface area contributed by atoms with E-state index in [2.05, 4.69) is 15.1 Å². The summed E-state index contributed by atoms with van der Waals surface area (Å²) in [6.45, 7) is 2.90. The molecule has 138 valence electrons. The van der Waals surface area contributed by atoms with E-state index in [4.69, 9.17) is 0 Å². The van der Waals surface area contributed by atoms with Gasteiger partial charge in [0.2, 0.25) is 0 Å². The highest BCUT2D eigenvalue weighted by molar-refractivity contribution is 14.1. The molecule has 2 heterocycles. The van der Waals surface area contributed by atoms with Crippen LogP contribution in [0.3, 0.4) is 0 Å². The lowest BCUT2D eigenvalue weighted by atomic mass is 10.1. The van der Waals surface area contributed by atoms with E-state index >= 15 is 0 Å². The van der Waals surface area contributed by atoms with Crippen LogP contribution in [-0.4, -0.2) is 24.9 Å². The number of hydrogen-bond acceptors (Lipinski definition) is 4. The van der Waals surface area contributed by atoms with Crippen molar-refractivity contribution < 1.29 is 18.3 Å². The van der Waals surface area contributed by atoms with Crippen molar-refractivity contribution in [3.63, 3.8) is 0 Å². The topological polar surface area (TPSA) is 83.8 Å². The SMILES string of the molecule is Cc1nc2c(c(CO)nn2[C@H](C)c2ccc(C(F)(F)F)c(I)c2)c(=O)[nH]1. The third kappa shape index (κ3) is 3.22. The molecule has 2 aromatic heterocycles. The summed E-state index contributed by atoms with van der Waals surface area (Å²) in [5, 5.41) is 13.9. The van der Waals surface area contributed by atoms with Crippen LogP contribution in [0.25, 0.3) is 11.0 Å². The Morgan fingerprint density at radius 1 is 1.38 bits per heavy atom. The first-order valence-corrected chi connectivity index (χ1v) is 8.67. The molecule has 6 nitrogen and oxygen atoms in total. The molecule has 26 heavy (non-hydrogen) atoms. The van der Waals surface area contributed by atoms with E-state index in [9.17, 15) is 23.1 Å². The van der Waals surface area contributed by atoms with E-state index in [-0.39, 0.29) is 20.3 Å². The standard InChI is InChI=1S/C16H14F3IN4O2/c1-7(9-3-4-10(11(20)5-9)16(17,18)19)24-14-13(12(6-25)23-24)15(26)22-8(2)21-14/h3-5,7,25H,6H2,1-2H3,(H,21,22,26)/t7-/m1/s1. The van der Waals surface area contributed by atoms with Crippen LogP contribution in [0.1, 0.15) is 35.6 Å². The number of hydrogen-bond donors (Lipinski definition) is 2. The number of nitrogens with zero attached hydrogens (tertiary/aromatic N) is 3. The summed E-state index contributed by atoms with van der Waals surface area (Å²) in [5.74, 6) is 0.377. The smallest absolute Gasteiger partial charge is 0.390 e. The largest absolute Gasteiger partial charge is 0.417 e. The fourth-order valence-electron chi connectivity index (χ4n) is 2.77. The minimum absolute atomic E-state index is 0.0697. The van der Waals surface area contributed by atoms with E-state index in [1.165, 1.54) is 16.8 Å². The lowest BCUT2D eigenvalue weighted by Gasteiger charge is -2.16. The molecule has 0 aliphatic carbocycles. The number of aryl methyl sites for hydroxylation is 1. The molecule has 2 N–H and O–H groups in total. The molecule has 0 aliphatic heterocycles. The van der Waals surface area contributed by atoms with Gasteiger partial charge in [0, 0.05) is 3.57 Å². The second-order valence-corrected chi connectivity index (χ2v) is 6.97. The molecule has 0 radical (unpaired) electrons. The Labute approximate surface area is 159 Å². The number of aliphatic hydroxyl groups excluding tert-OH is 1. The first-order chi connectivity index (χ1) is 12.1. The normalized spacial score (nSPS) is 13.3. The van der Waals surface area contributed by atoms with Crippen molar-refractivity contribution >= 4 is 33.6 Å². The summed E-state index contributed by atoms with van der Waals surface area (Å²) in [6.07, 6.45) is -4.42. The van der Waals surface area contributed by atoms with Gasteiger partial charge in [-0.25, -0.2) is 9.67 Å². The number of aliphatic hydroxyl groups is 1. The number of rotatable bonds is 3. The van der Waals surface area contributed by atoms with Crippen molar-refractivity contribution in [2.45, 2.75) is 32.7 Å². The molecule has 10 heteroatoms. The van der Waals surface area contributed by atoms with Gasteiger partial charge in [-0.1, -0.05) is 6.07 Å². The zero-order valence-electron chi connectivity index (χ0n) is 13.7. The Balaban J connectivity index is 2.15. The molecule has 1 atom stereocenters. The van der Waals surface area contributed by atoms with Gasteiger partial charge in [0.1, 0.15) is 16.9 Å². The van der Waals surface area contributed by atoms with Crippen molar-refractivity contribution in [1.29, 1.82) is 0 Å². The Morgan fingerprint density at radius 3 is 2.65 bits per heavy atom. The Morgan fingerprint density at radius 2 is 2.08 bits per heavy atom. The van der Waals surface area contributed by atoms with Crippen molar-refractivity contribution in [2.75, 3.05) is 0 Å². The molecule has 3 rings (SSSR count). The number of aromatic nitrogens is 4. The molecule has 0 saturated carbocycles. The van der Waals surface area contributed by atoms with Crippen LogP contribution < -0.4 is 5.56 Å². The minimum atomic E-state index is -4.42. The predicted molar refractivity (Wildman–Crippen MR) is 96.8 cm³/mol. The molecule has 0 amide bonds. The van der Waals surface area contributed by atoms with Crippen LogP contribution in [0.15, 0.2) is 23.0 Å². The van der Waals surface area contributed by atoms with Crippen molar-refractivity contribution in [3.8, 4) is 0 Å². The van der Waals surface area contributed by atoms with Gasteiger partial charge < -0.3 is 10.1 Å². The van der Waals surface area contributed by atoms with E-state index in [1.54, 1.807) is 36.4 Å². The maximum Gasteiger partial charge on any atom is 0.417 e. The van der Waals surface area contributed by atoms with Gasteiger partial charge in [-0.05, 0) is 54.1 Å². The molecule has 0 saturated heterocycles. The van der Waals surface area contributed by atoms with Crippen LogP contribution in [0.5, 0.6) is 0 Å². The van der Waals surface area contributed by atoms with Gasteiger partial charge in [-0.3, -0.25) is 4.79 Å². The summed E-state index contributed by atoms with van der Waals surface area (Å²) >= 11 is 1.64. The third-order valence-corrected chi connectivity index (χ3v) is 4.94. The van der Waals surface area contributed by atoms with Gasteiger partial charge in [0.05, 0.1) is 18.2 Å². The van der Waals surface area contributed by atoms with Crippen molar-refractivity contribution in [3.05, 3.63) is 54.8 Å². The maximum atomic E-state index is 13.0. The third-order valence-electron chi connectivity index (χ3n) is 4.05. The fourth-order valence-corrected chi connectivity index (χ4v) is 3.61. The Bertz CT molecular complexity index is 1040. The van der Waals surface area contributed by atoms with Crippen molar-refractivity contribution in [1.82, 2.24) is 19.7 Å². The highest BCUT2D eigenvalue weighted by Gasteiger charge is 2.33. The van der Waals surface area contributed by atoms with Gasteiger partial charge in [0.25, 0.3) is 5.56 Å². The molecule has 1 aromatic carbocycles. The number of benzene rings is 1. The molecular weight excluding hydrogens is 464 g/mol. The molecule has 0 fully saturated rings. The fraction of sp³-hybridized carbons (Fsp3) is 0.312. The quantitative estimate of drug-likeness (QED) is 0.567. The Hall–Kier alpha value is -1.95. The number of halogens is 4. The summed E-state index contributed by atoms with van der Waals surface area (Å²) in [5.41, 5.74) is -0.103. The molecule has 0 spiro atoms. The minimum Gasteiger partial charge on any atom is -0.390 e. The van der Waals surface area contributed by atoms with Gasteiger partial charge >= 0.3 is 6.18 Å². The maximum absolute atomic E-state index is 13.0. The summed E-state index contributed by atoms with van der Waals surface area (Å²) in [7, 11) is 0. The summed E-state index contributed by atoms with van der Waals surface area (Å²) < 4.78 is 40.4. The molecule has 0 bridgehead atoms. The molecule has 0 aliphatic rings. The zero-order chi connectivity index (χ0) is 19.2. The summed E-state index contributed by atoms with van der Waals surface area (Å²) in [6, 6.07) is 3.35. The average molecular weight is 478 g/mol. The van der Waals surface area contributed by atoms with Crippen LogP contribution >= 0.6 is 22.6 Å². The lowest BCUT2D eigenvalue weighted by molar-refractivity contribution is -0.138. The van der Waals surface area contributed by atoms with Crippen LogP contribution in [0, 0.1) is 10.5 Å². The van der Waals surface area contributed by atoms with Crippen LogP contribution in [-0.2, 0) is 12.8 Å². The van der Waals surface area contributed by atoms with Crippen molar-refractivity contribution in [2.24, 2.45) is 0 Å². The monoisotopic (exact) mass is 478 g/mol. The van der Waals surface area contributed by atoms with E-state index in [1.807, 2.05) is 0 Å². The number of fused-ring (bicyclic) bond motifs is 1. The second-order valence-electron chi connectivity index (χ2n) is 5.81. The Kier molecular flexibility index (Phi) is 4.82. The number of alkyl halides is 3. The zero-order valence-corrected chi connectivity index (χ0v) is 15.9. The highest BCUT2D eigenvalue weighted by atomic mass is 127. The highest BCUT2D eigenvalue weighted by Crippen LogP contribution is 2.34. The number of nitrogens with one attached hydrogen (secondary N) is 1. The van der Waals surface area contributed by atoms with Crippen LogP contribution in [0.4, 0.5) is 13.2 Å². The molecular formula is C16H14F3IN4O2. The first kappa shape index (κ1) is 18.8. The average Bonchev–Trinajstić information content (AvgIpc) is 2.91. The second kappa shape index (κ2) is 6.65. The summed E-state index contributed by atoms with van der Waals surface area (Å²) in [4.78, 5) is 19.0. The van der Waals surface area contributed by atoms with Gasteiger partial charge in [-0.2, -0.15) is 18.3 Å². The molecule has 0 unspecified atom stereocenters. The van der Waals surface area contributed by atoms with Gasteiger partial charge in [-0.15, -0.1) is 0 Å². The van der Waals surface area contributed by atoms with E-state index in [0.717, 1.165) is 6.07 Å². The predicted octanol–water partition coefficient (Wildman–Crippen LogP) is 3.15. The van der Waals surface area contributed by atoms with Gasteiger partial charge in [0.15, 0.2) is 5.65 Å². The first-order valence-electron chi connectivity index (χ1n) is 7.59. The molecule has 3 aromatic rings. The lowest BCUT2D eigenvalue weighted by Crippen LogP contribution is -2.14. The van der Waals surface area contributed by atoms with E-state index in [0.29, 0.717) is 11.4 Å². The number of H-pyrrole nitrogens is 1. The van der Waals surface area contributed by atoms with E-state index < -0.39 is 29.9 Å². The van der Waals surface area contributed by atoms with Crippen LogP contribution in [0.2, 0.25) is 0 Å². The number of aromatic amines is 1.